The Kier molecular flexibility index (Phi) is 6.99. The first-order valence-corrected chi connectivity index (χ1v) is 18.4. The standard InChI is InChI=1S/C37H30O2P2S/c1-27-13-11-12-20-35(27)41(39,30-18-9-4-10-19-30)32-22-24-37-34(26-32)33-25-31(21-23-36(33)42-37)40(38,28-14-5-2-6-15-28)29-16-7-3-8-17-29/h2-12,14-27H,13H2,1H3. The molecule has 0 saturated carbocycles. The Hall–Kier alpha value is -3.74. The van der Waals surface area contributed by atoms with E-state index in [-0.39, 0.29) is 5.92 Å². The number of hydrogen-bond acceptors (Lipinski definition) is 3. The molecule has 0 amide bonds. The molecule has 0 N–H and O–H groups in total. The van der Waals surface area contributed by atoms with Gasteiger partial charge in [-0.1, -0.05) is 116 Å². The van der Waals surface area contributed by atoms with Gasteiger partial charge in [0.1, 0.15) is 0 Å². The van der Waals surface area contributed by atoms with Crippen molar-refractivity contribution in [1.29, 1.82) is 0 Å². The van der Waals surface area contributed by atoms with E-state index in [4.69, 9.17) is 0 Å². The molecule has 5 heteroatoms. The van der Waals surface area contributed by atoms with Crippen molar-refractivity contribution < 1.29 is 9.13 Å². The van der Waals surface area contributed by atoms with Crippen LogP contribution in [0, 0.1) is 5.92 Å². The minimum atomic E-state index is -3.12. The molecule has 5 aromatic carbocycles. The van der Waals surface area contributed by atoms with E-state index in [0.717, 1.165) is 58.4 Å². The van der Waals surface area contributed by atoms with Gasteiger partial charge in [-0.25, -0.2) is 0 Å². The Balaban J connectivity index is 1.46. The van der Waals surface area contributed by atoms with Gasteiger partial charge in [0.2, 0.25) is 0 Å². The third-order valence-electron chi connectivity index (χ3n) is 8.28. The molecule has 1 heterocycles. The van der Waals surface area contributed by atoms with Gasteiger partial charge in [-0.3, -0.25) is 0 Å². The third-order valence-corrected chi connectivity index (χ3v) is 15.8. The monoisotopic (exact) mass is 600 g/mol. The fourth-order valence-corrected chi connectivity index (χ4v) is 12.9. The molecule has 1 aliphatic carbocycles. The van der Waals surface area contributed by atoms with Gasteiger partial charge in [-0.2, -0.15) is 0 Å². The molecule has 0 saturated heterocycles. The van der Waals surface area contributed by atoms with E-state index >= 15 is 9.13 Å². The van der Waals surface area contributed by atoms with Gasteiger partial charge in [0, 0.05) is 52.0 Å². The zero-order valence-electron chi connectivity index (χ0n) is 23.3. The molecule has 0 fully saturated rings. The molecule has 0 aliphatic heterocycles. The maximum absolute atomic E-state index is 15.3. The van der Waals surface area contributed by atoms with E-state index in [1.807, 2.05) is 103 Å². The summed E-state index contributed by atoms with van der Waals surface area (Å²) in [6, 6.07) is 42.0. The number of rotatable bonds is 6. The van der Waals surface area contributed by atoms with Crippen LogP contribution in [0.15, 0.2) is 151 Å². The van der Waals surface area contributed by atoms with Gasteiger partial charge in [-0.15, -0.1) is 11.3 Å². The van der Waals surface area contributed by atoms with Crippen molar-refractivity contribution in [2.75, 3.05) is 0 Å². The molecule has 1 aliphatic rings. The van der Waals surface area contributed by atoms with Crippen molar-refractivity contribution in [3.63, 3.8) is 0 Å². The molecular weight excluding hydrogens is 570 g/mol. The molecule has 206 valence electrons. The van der Waals surface area contributed by atoms with Crippen LogP contribution in [0.4, 0.5) is 0 Å². The predicted octanol–water partition coefficient (Wildman–Crippen LogP) is 8.49. The van der Waals surface area contributed by atoms with E-state index in [1.165, 1.54) is 0 Å². The van der Waals surface area contributed by atoms with Crippen LogP contribution in [0.1, 0.15) is 13.3 Å². The van der Waals surface area contributed by atoms with Crippen molar-refractivity contribution in [3.05, 3.63) is 151 Å². The van der Waals surface area contributed by atoms with Crippen LogP contribution in [0.3, 0.4) is 0 Å². The number of thiophene rings is 1. The third kappa shape index (κ3) is 4.40. The van der Waals surface area contributed by atoms with Crippen LogP contribution in [-0.4, -0.2) is 0 Å². The summed E-state index contributed by atoms with van der Waals surface area (Å²) < 4.78 is 32.7. The molecule has 2 atom stereocenters. The Morgan fingerprint density at radius 3 is 1.50 bits per heavy atom. The average molecular weight is 601 g/mol. The van der Waals surface area contributed by atoms with Crippen LogP contribution in [0.5, 0.6) is 0 Å². The molecule has 0 bridgehead atoms. The molecule has 6 aromatic rings. The maximum atomic E-state index is 15.3. The van der Waals surface area contributed by atoms with E-state index in [0.29, 0.717) is 0 Å². The largest absolute Gasteiger partial charge is 0.309 e. The van der Waals surface area contributed by atoms with Crippen molar-refractivity contribution in [2.45, 2.75) is 13.3 Å². The number of hydrogen-bond donors (Lipinski definition) is 0. The number of benzene rings is 5. The summed E-state index contributed by atoms with van der Waals surface area (Å²) in [5.41, 5.74) is 0. The second kappa shape index (κ2) is 10.8. The Morgan fingerprint density at radius 1 is 0.571 bits per heavy atom. The summed E-state index contributed by atoms with van der Waals surface area (Å²) in [4.78, 5) is 0. The summed E-state index contributed by atoms with van der Waals surface area (Å²) in [7, 11) is -6.22. The second-order valence-corrected chi connectivity index (χ2v) is 17.5. The predicted molar refractivity (Wildman–Crippen MR) is 183 cm³/mol. The lowest BCUT2D eigenvalue weighted by molar-refractivity contribution is 0.583. The number of fused-ring (bicyclic) bond motifs is 3. The topological polar surface area (TPSA) is 34.1 Å². The van der Waals surface area contributed by atoms with E-state index < -0.39 is 14.3 Å². The Bertz CT molecular complexity index is 2030. The van der Waals surface area contributed by atoms with Gasteiger partial charge in [-0.05, 0) is 48.7 Å². The molecule has 0 spiro atoms. The van der Waals surface area contributed by atoms with E-state index in [1.54, 1.807) is 11.3 Å². The van der Waals surface area contributed by atoms with Crippen LogP contribution in [-0.2, 0) is 9.13 Å². The van der Waals surface area contributed by atoms with Crippen LogP contribution in [0.2, 0.25) is 0 Å². The lowest BCUT2D eigenvalue weighted by Gasteiger charge is -2.28. The van der Waals surface area contributed by atoms with Crippen LogP contribution >= 0.6 is 25.6 Å². The molecule has 2 unspecified atom stereocenters. The summed E-state index contributed by atoms with van der Waals surface area (Å²) in [6.45, 7) is 2.17. The molecular formula is C37H30O2P2S. The first kappa shape index (κ1) is 27.1. The molecule has 0 radical (unpaired) electrons. The zero-order valence-corrected chi connectivity index (χ0v) is 25.9. The number of allylic oxidation sites excluding steroid dienone is 4. The highest BCUT2D eigenvalue weighted by atomic mass is 32.1. The molecule has 7 rings (SSSR count). The van der Waals surface area contributed by atoms with Gasteiger partial charge >= 0.3 is 0 Å². The second-order valence-electron chi connectivity index (χ2n) is 10.8. The lowest BCUT2D eigenvalue weighted by atomic mass is 10.0. The summed E-state index contributed by atoms with van der Waals surface area (Å²) >= 11 is 1.72. The Labute approximate surface area is 250 Å². The Morgan fingerprint density at radius 2 is 1.02 bits per heavy atom. The summed E-state index contributed by atoms with van der Waals surface area (Å²) in [5, 5.41) is 7.23. The summed E-state index contributed by atoms with van der Waals surface area (Å²) in [5.74, 6) is 0.185. The minimum absolute atomic E-state index is 0.185. The maximum Gasteiger partial charge on any atom is 0.171 e. The van der Waals surface area contributed by atoms with Gasteiger partial charge in [0.25, 0.3) is 0 Å². The van der Waals surface area contributed by atoms with Crippen molar-refractivity contribution in [2.24, 2.45) is 5.92 Å². The lowest BCUT2D eigenvalue weighted by Crippen LogP contribution is -2.24. The molecule has 2 nitrogen and oxygen atoms in total. The van der Waals surface area contributed by atoms with Gasteiger partial charge in [0.05, 0.1) is 0 Å². The van der Waals surface area contributed by atoms with E-state index in [2.05, 4.69) is 49.4 Å². The smallest absolute Gasteiger partial charge is 0.171 e. The SMILES string of the molecule is CC1CC=CC=C1P(=O)(c1ccccc1)c1ccc2sc3ccc(P(=O)(c4ccccc4)c4ccccc4)cc3c2c1. The average Bonchev–Trinajstić information content (AvgIpc) is 3.43. The molecule has 1 aromatic heterocycles. The van der Waals surface area contributed by atoms with Crippen molar-refractivity contribution >= 4 is 72.3 Å². The zero-order chi connectivity index (χ0) is 28.7. The fraction of sp³-hybridized carbons (Fsp3) is 0.0811. The van der Waals surface area contributed by atoms with Crippen molar-refractivity contribution in [3.8, 4) is 0 Å². The highest BCUT2D eigenvalue weighted by molar-refractivity contribution is 7.85. The molecule has 42 heavy (non-hydrogen) atoms. The van der Waals surface area contributed by atoms with Gasteiger partial charge in [0.15, 0.2) is 14.3 Å². The van der Waals surface area contributed by atoms with Crippen LogP contribution < -0.4 is 26.5 Å². The highest BCUT2D eigenvalue weighted by Gasteiger charge is 2.35. The van der Waals surface area contributed by atoms with Crippen LogP contribution in [0.25, 0.3) is 20.2 Å². The first-order valence-electron chi connectivity index (χ1n) is 14.2. The quantitative estimate of drug-likeness (QED) is 0.180. The van der Waals surface area contributed by atoms with Crippen molar-refractivity contribution in [1.82, 2.24) is 0 Å². The fourth-order valence-electron chi connectivity index (χ4n) is 6.10. The van der Waals surface area contributed by atoms with E-state index in [9.17, 15) is 0 Å². The summed E-state index contributed by atoms with van der Waals surface area (Å²) in [6.07, 6.45) is 7.13. The van der Waals surface area contributed by atoms with Gasteiger partial charge < -0.3 is 9.13 Å². The first-order chi connectivity index (χ1) is 20.5. The normalized spacial score (nSPS) is 16.8. The minimum Gasteiger partial charge on any atom is -0.309 e. The highest BCUT2D eigenvalue weighted by Crippen LogP contribution is 2.56.